The minimum absolute atomic E-state index is 0.895. The molecule has 4 aromatic rings. The summed E-state index contributed by atoms with van der Waals surface area (Å²) in [7, 11) is 0. The van der Waals surface area contributed by atoms with Crippen LogP contribution >= 0.6 is 0 Å². The van der Waals surface area contributed by atoms with E-state index in [-0.39, 0.29) is 0 Å². The Morgan fingerprint density at radius 1 is 1.00 bits per heavy atom. The zero-order valence-electron chi connectivity index (χ0n) is 11.6. The SMILES string of the molecule is Cc1cccc2[nH]c(-c3ccc(-n4cccn4)cc3)nc12. The van der Waals surface area contributed by atoms with Crippen molar-refractivity contribution in [3.05, 3.63) is 66.5 Å². The van der Waals surface area contributed by atoms with Crippen molar-refractivity contribution in [1.29, 1.82) is 0 Å². The van der Waals surface area contributed by atoms with Crippen LogP contribution in [0.4, 0.5) is 0 Å². The van der Waals surface area contributed by atoms with E-state index in [1.54, 1.807) is 6.20 Å². The number of H-pyrrole nitrogens is 1. The third-order valence-corrected chi connectivity index (χ3v) is 3.62. The number of fused-ring (bicyclic) bond motifs is 1. The Labute approximate surface area is 122 Å². The zero-order chi connectivity index (χ0) is 14.2. The number of nitrogens with one attached hydrogen (secondary N) is 1. The second kappa shape index (κ2) is 4.59. The fraction of sp³-hybridized carbons (Fsp3) is 0.0588. The molecular formula is C17H14N4. The molecule has 102 valence electrons. The third kappa shape index (κ3) is 2.01. The van der Waals surface area contributed by atoms with Gasteiger partial charge in [-0.2, -0.15) is 5.10 Å². The first-order valence-electron chi connectivity index (χ1n) is 6.87. The smallest absolute Gasteiger partial charge is 0.138 e. The Hall–Kier alpha value is -2.88. The summed E-state index contributed by atoms with van der Waals surface area (Å²) in [4.78, 5) is 8.07. The average molecular weight is 274 g/mol. The molecule has 0 atom stereocenters. The summed E-state index contributed by atoms with van der Waals surface area (Å²) in [6.45, 7) is 2.08. The van der Waals surface area contributed by atoms with Gasteiger partial charge in [0.25, 0.3) is 0 Å². The Morgan fingerprint density at radius 3 is 2.57 bits per heavy atom. The second-order valence-corrected chi connectivity index (χ2v) is 5.05. The number of aromatic amines is 1. The van der Waals surface area contributed by atoms with Crippen LogP contribution in [0.2, 0.25) is 0 Å². The van der Waals surface area contributed by atoms with Crippen molar-refractivity contribution in [2.75, 3.05) is 0 Å². The van der Waals surface area contributed by atoms with Crippen molar-refractivity contribution in [2.24, 2.45) is 0 Å². The number of hydrogen-bond acceptors (Lipinski definition) is 2. The van der Waals surface area contributed by atoms with Crippen LogP contribution < -0.4 is 0 Å². The molecule has 0 amide bonds. The van der Waals surface area contributed by atoms with E-state index in [0.29, 0.717) is 0 Å². The van der Waals surface area contributed by atoms with Gasteiger partial charge in [0.05, 0.1) is 16.7 Å². The summed E-state index contributed by atoms with van der Waals surface area (Å²) in [5.74, 6) is 0.895. The normalized spacial score (nSPS) is 11.1. The van der Waals surface area contributed by atoms with Crippen molar-refractivity contribution in [2.45, 2.75) is 6.92 Å². The van der Waals surface area contributed by atoms with E-state index in [0.717, 1.165) is 28.1 Å². The molecule has 0 fully saturated rings. The lowest BCUT2D eigenvalue weighted by molar-refractivity contribution is 0.880. The van der Waals surface area contributed by atoms with E-state index in [2.05, 4.69) is 41.3 Å². The lowest BCUT2D eigenvalue weighted by Gasteiger charge is -2.02. The molecule has 1 N–H and O–H groups in total. The quantitative estimate of drug-likeness (QED) is 0.605. The van der Waals surface area contributed by atoms with E-state index < -0.39 is 0 Å². The topological polar surface area (TPSA) is 46.5 Å². The summed E-state index contributed by atoms with van der Waals surface area (Å²) in [6.07, 6.45) is 3.70. The predicted molar refractivity (Wildman–Crippen MR) is 83.4 cm³/mol. The number of rotatable bonds is 2. The largest absolute Gasteiger partial charge is 0.338 e. The highest BCUT2D eigenvalue weighted by Crippen LogP contribution is 2.23. The number of aryl methyl sites for hydroxylation is 1. The first-order chi connectivity index (χ1) is 10.3. The van der Waals surface area contributed by atoms with Gasteiger partial charge < -0.3 is 4.98 Å². The minimum atomic E-state index is 0.895. The molecule has 0 aliphatic heterocycles. The lowest BCUT2D eigenvalue weighted by atomic mass is 10.2. The predicted octanol–water partition coefficient (Wildman–Crippen LogP) is 3.72. The minimum Gasteiger partial charge on any atom is -0.338 e. The summed E-state index contributed by atoms with van der Waals surface area (Å²) in [5, 5.41) is 4.23. The van der Waals surface area contributed by atoms with Crippen molar-refractivity contribution < 1.29 is 0 Å². The first-order valence-corrected chi connectivity index (χ1v) is 6.87. The molecule has 0 unspecified atom stereocenters. The molecule has 4 rings (SSSR count). The molecular weight excluding hydrogens is 260 g/mol. The van der Waals surface area contributed by atoms with Gasteiger partial charge in [0.15, 0.2) is 0 Å². The number of imidazole rings is 1. The van der Waals surface area contributed by atoms with Gasteiger partial charge in [-0.05, 0) is 48.9 Å². The third-order valence-electron chi connectivity index (χ3n) is 3.62. The zero-order valence-corrected chi connectivity index (χ0v) is 11.6. The molecule has 0 radical (unpaired) electrons. The van der Waals surface area contributed by atoms with Gasteiger partial charge >= 0.3 is 0 Å². The van der Waals surface area contributed by atoms with E-state index in [4.69, 9.17) is 4.98 Å². The van der Waals surface area contributed by atoms with Crippen molar-refractivity contribution in [3.63, 3.8) is 0 Å². The highest BCUT2D eigenvalue weighted by atomic mass is 15.3. The Bertz CT molecular complexity index is 886. The highest BCUT2D eigenvalue weighted by molar-refractivity contribution is 5.82. The maximum Gasteiger partial charge on any atom is 0.138 e. The van der Waals surface area contributed by atoms with Gasteiger partial charge in [-0.1, -0.05) is 12.1 Å². The van der Waals surface area contributed by atoms with Crippen LogP contribution in [0.15, 0.2) is 60.9 Å². The molecule has 2 aromatic heterocycles. The number of benzene rings is 2. The molecule has 0 aliphatic carbocycles. The van der Waals surface area contributed by atoms with Crippen LogP contribution in [0, 0.1) is 6.92 Å². The van der Waals surface area contributed by atoms with Crippen LogP contribution in [0.3, 0.4) is 0 Å². The molecule has 0 spiro atoms. The first kappa shape index (κ1) is 11.9. The molecule has 4 nitrogen and oxygen atoms in total. The maximum absolute atomic E-state index is 4.70. The Balaban J connectivity index is 1.76. The highest BCUT2D eigenvalue weighted by Gasteiger charge is 2.07. The monoisotopic (exact) mass is 274 g/mol. The van der Waals surface area contributed by atoms with Gasteiger partial charge in [0.2, 0.25) is 0 Å². The molecule has 21 heavy (non-hydrogen) atoms. The molecule has 0 saturated carbocycles. The average Bonchev–Trinajstić information content (AvgIpc) is 3.18. The molecule has 0 saturated heterocycles. The van der Waals surface area contributed by atoms with E-state index in [1.165, 1.54) is 5.56 Å². The lowest BCUT2D eigenvalue weighted by Crippen LogP contribution is -1.93. The van der Waals surface area contributed by atoms with Gasteiger partial charge in [-0.25, -0.2) is 9.67 Å². The van der Waals surface area contributed by atoms with Gasteiger partial charge in [-0.3, -0.25) is 0 Å². The number of aromatic nitrogens is 4. The summed E-state index contributed by atoms with van der Waals surface area (Å²) < 4.78 is 1.84. The second-order valence-electron chi connectivity index (χ2n) is 5.05. The van der Waals surface area contributed by atoms with Crippen LogP contribution in [-0.4, -0.2) is 19.7 Å². The van der Waals surface area contributed by atoms with Crippen molar-refractivity contribution in [1.82, 2.24) is 19.7 Å². The molecule has 4 heteroatoms. The van der Waals surface area contributed by atoms with E-state index in [9.17, 15) is 0 Å². The Kier molecular flexibility index (Phi) is 2.60. The molecule has 2 heterocycles. The van der Waals surface area contributed by atoms with Crippen LogP contribution in [-0.2, 0) is 0 Å². The van der Waals surface area contributed by atoms with Gasteiger partial charge in [0, 0.05) is 18.0 Å². The fourth-order valence-electron chi connectivity index (χ4n) is 2.51. The standard InChI is InChI=1S/C17H14N4/c1-12-4-2-5-15-16(12)20-17(19-15)13-6-8-14(9-7-13)21-11-3-10-18-21/h2-11H,1H3,(H,19,20). The number of hydrogen-bond donors (Lipinski definition) is 1. The van der Waals surface area contributed by atoms with Crippen LogP contribution in [0.5, 0.6) is 0 Å². The summed E-state index contributed by atoms with van der Waals surface area (Å²) >= 11 is 0. The van der Waals surface area contributed by atoms with E-state index >= 15 is 0 Å². The molecule has 2 aromatic carbocycles. The summed E-state index contributed by atoms with van der Waals surface area (Å²) in [6, 6.07) is 16.3. The Morgan fingerprint density at radius 2 is 1.86 bits per heavy atom. The van der Waals surface area contributed by atoms with E-state index in [1.807, 2.05) is 35.1 Å². The van der Waals surface area contributed by atoms with Crippen molar-refractivity contribution in [3.8, 4) is 17.1 Å². The fourth-order valence-corrected chi connectivity index (χ4v) is 2.51. The molecule has 0 aliphatic rings. The van der Waals surface area contributed by atoms with Crippen LogP contribution in [0.1, 0.15) is 5.56 Å². The van der Waals surface area contributed by atoms with Crippen molar-refractivity contribution >= 4 is 11.0 Å². The maximum atomic E-state index is 4.70. The summed E-state index contributed by atoms with van der Waals surface area (Å²) in [5.41, 5.74) is 5.39. The van der Waals surface area contributed by atoms with Crippen LogP contribution in [0.25, 0.3) is 28.1 Å². The number of nitrogens with zero attached hydrogens (tertiary/aromatic N) is 3. The van der Waals surface area contributed by atoms with Gasteiger partial charge in [-0.15, -0.1) is 0 Å². The number of para-hydroxylation sites is 1. The molecule has 0 bridgehead atoms. The van der Waals surface area contributed by atoms with Gasteiger partial charge in [0.1, 0.15) is 5.82 Å².